The minimum atomic E-state index is -0.325. The Morgan fingerprint density at radius 1 is 0.741 bits per heavy atom. The van der Waals surface area contributed by atoms with Gasteiger partial charge in [-0.3, -0.25) is 9.47 Å². The Labute approximate surface area is 354 Å². The maximum absolute atomic E-state index is 11.7. The number of allylic oxidation sites excluding steroid dienone is 3. The second kappa shape index (κ2) is 15.0. The number of hydrogen-bond donors (Lipinski definition) is 1. The number of imidazole rings is 1. The maximum atomic E-state index is 11.7. The van der Waals surface area contributed by atoms with Gasteiger partial charge in [-0.2, -0.15) is 0 Å². The SMILES string of the molecule is CC(C)c1cc(-c2ccccc2)cc(C(C)C)c1-n1c(-c2ccccc2O)nc2c1N(c1ccccc1)C1=CC=CC3=Cc4ccc(-c5ccccn5)[c-]c4B2N31.[Pt]. The van der Waals surface area contributed by atoms with Crippen LogP contribution in [0, 0.1) is 6.07 Å². The van der Waals surface area contributed by atoms with Crippen LogP contribution in [0.15, 0.2) is 163 Å². The van der Waals surface area contributed by atoms with Crippen molar-refractivity contribution in [1.29, 1.82) is 0 Å². The molecule has 0 saturated heterocycles. The minimum Gasteiger partial charge on any atom is -0.507 e. The molecule has 2 aromatic heterocycles. The third-order valence-corrected chi connectivity index (χ3v) is 11.3. The molecule has 0 amide bonds. The van der Waals surface area contributed by atoms with E-state index in [0.29, 0.717) is 11.4 Å². The first-order valence-electron chi connectivity index (χ1n) is 19.7. The second-order valence-corrected chi connectivity index (χ2v) is 15.5. The molecule has 0 atom stereocenters. The van der Waals surface area contributed by atoms with Gasteiger partial charge in [-0.05, 0) is 94.4 Å². The van der Waals surface area contributed by atoms with Crippen molar-refractivity contribution < 1.29 is 26.2 Å². The van der Waals surface area contributed by atoms with Crippen molar-refractivity contribution >= 4 is 35.5 Å². The molecule has 0 bridgehead atoms. The Morgan fingerprint density at radius 3 is 2.12 bits per heavy atom. The first-order valence-corrected chi connectivity index (χ1v) is 19.7. The summed E-state index contributed by atoms with van der Waals surface area (Å²) in [7, 11) is 0. The summed E-state index contributed by atoms with van der Waals surface area (Å²) in [6.07, 6.45) is 10.6. The summed E-state index contributed by atoms with van der Waals surface area (Å²) in [5.41, 5.74) is 13.4. The molecule has 286 valence electrons. The first-order chi connectivity index (χ1) is 27.9. The predicted molar refractivity (Wildman–Crippen MR) is 233 cm³/mol. The maximum Gasteiger partial charge on any atom is 0.336 e. The third kappa shape index (κ3) is 6.08. The van der Waals surface area contributed by atoms with Gasteiger partial charge in [-0.15, -0.1) is 34.8 Å². The summed E-state index contributed by atoms with van der Waals surface area (Å²) in [4.78, 5) is 15.2. The summed E-state index contributed by atoms with van der Waals surface area (Å²) in [5.74, 6) is 3.13. The number of hydrogen-bond acceptors (Lipinski definition) is 5. The summed E-state index contributed by atoms with van der Waals surface area (Å²) in [6, 6.07) is 47.7. The van der Waals surface area contributed by atoms with E-state index >= 15 is 0 Å². The van der Waals surface area contributed by atoms with Crippen LogP contribution in [0.2, 0.25) is 0 Å². The largest absolute Gasteiger partial charge is 0.507 e. The van der Waals surface area contributed by atoms with Gasteiger partial charge in [0.15, 0.2) is 0 Å². The Kier molecular flexibility index (Phi) is 9.66. The molecule has 7 aromatic rings. The van der Waals surface area contributed by atoms with Gasteiger partial charge in [-0.25, -0.2) is 4.98 Å². The number of para-hydroxylation sites is 2. The average molecular weight is 934 g/mol. The molecule has 0 fully saturated rings. The van der Waals surface area contributed by atoms with Crippen LogP contribution in [0.3, 0.4) is 0 Å². The van der Waals surface area contributed by atoms with Crippen molar-refractivity contribution in [2.24, 2.45) is 0 Å². The summed E-state index contributed by atoms with van der Waals surface area (Å²) in [6.45, 7) is 8.76. The zero-order valence-electron chi connectivity index (χ0n) is 32.7. The second-order valence-electron chi connectivity index (χ2n) is 15.5. The Bertz CT molecular complexity index is 2750. The average Bonchev–Trinajstić information content (AvgIpc) is 3.63. The topological polar surface area (TPSA) is 57.4 Å². The summed E-state index contributed by atoms with van der Waals surface area (Å²) >= 11 is 0. The first kappa shape index (κ1) is 37.4. The van der Waals surface area contributed by atoms with Gasteiger partial charge in [-0.1, -0.05) is 113 Å². The van der Waals surface area contributed by atoms with Crippen molar-refractivity contribution in [3.05, 3.63) is 186 Å². The van der Waals surface area contributed by atoms with Gasteiger partial charge in [0.05, 0.1) is 16.8 Å². The molecule has 0 radical (unpaired) electrons. The van der Waals surface area contributed by atoms with Gasteiger partial charge in [0, 0.05) is 38.6 Å². The van der Waals surface area contributed by atoms with Crippen molar-refractivity contribution in [1.82, 2.24) is 19.3 Å². The smallest absolute Gasteiger partial charge is 0.336 e. The number of fused-ring (bicyclic) bond motifs is 4. The van der Waals surface area contributed by atoms with E-state index in [1.54, 1.807) is 6.07 Å². The molecule has 58 heavy (non-hydrogen) atoms. The van der Waals surface area contributed by atoms with E-state index in [2.05, 4.69) is 157 Å². The molecule has 5 aromatic carbocycles. The fourth-order valence-electron chi connectivity index (χ4n) is 8.64. The molecular weight excluding hydrogens is 892 g/mol. The van der Waals surface area contributed by atoms with E-state index in [-0.39, 0.29) is 45.5 Å². The van der Waals surface area contributed by atoms with E-state index in [1.165, 1.54) is 22.3 Å². The molecule has 0 unspecified atom stereocenters. The van der Waals surface area contributed by atoms with Crippen molar-refractivity contribution in [3.8, 4) is 45.2 Å². The number of rotatable bonds is 7. The van der Waals surface area contributed by atoms with E-state index < -0.39 is 0 Å². The van der Waals surface area contributed by atoms with Crippen molar-refractivity contribution in [2.45, 2.75) is 39.5 Å². The normalized spacial score (nSPS) is 13.8. The van der Waals surface area contributed by atoms with Crippen molar-refractivity contribution in [2.75, 3.05) is 4.90 Å². The van der Waals surface area contributed by atoms with E-state index in [1.807, 2.05) is 42.6 Å². The fraction of sp³-hybridized carbons (Fsp3) is 0.120. The fourth-order valence-corrected chi connectivity index (χ4v) is 8.64. The Morgan fingerprint density at radius 2 is 1.43 bits per heavy atom. The van der Waals surface area contributed by atoms with Crippen molar-refractivity contribution in [3.63, 3.8) is 0 Å². The molecule has 6 nitrogen and oxygen atoms in total. The van der Waals surface area contributed by atoms with Crippen LogP contribution in [0.1, 0.15) is 56.2 Å². The third-order valence-electron chi connectivity index (χ3n) is 11.3. The van der Waals surface area contributed by atoms with Gasteiger partial charge in [0.25, 0.3) is 0 Å². The van der Waals surface area contributed by atoms with E-state index in [4.69, 9.17) is 9.97 Å². The molecule has 1 N–H and O–H groups in total. The molecule has 10 rings (SSSR count). The standard InChI is InChI=1S/C50H41BN5O.Pt/c1-32(2)41-29-37(34-16-7-5-8-17-34)30-42(33(3)4)47(41)55-49(40-21-11-12-23-45(40)57)53-48-50(55)54(38-18-9-6-10-19-38)46-24-15-20-39-28-35-25-26-36(44-22-13-14-27-52-44)31-43(35)51(48)56(39)46;/h5-30,32-33,57H,1-4H3;/q-1;. The van der Waals surface area contributed by atoms with E-state index in [9.17, 15) is 5.11 Å². The molecule has 3 aliphatic rings. The number of phenolic OH excluding ortho intramolecular Hbond substituents is 1. The number of aromatic hydroxyl groups is 1. The van der Waals surface area contributed by atoms with Gasteiger partial charge in [0.2, 0.25) is 0 Å². The Hall–Kier alpha value is -6.17. The molecule has 8 heteroatoms. The number of anilines is 2. The molecular formula is C50H41BN5OPt-. The van der Waals surface area contributed by atoms with Crippen LogP contribution in [0.5, 0.6) is 5.75 Å². The van der Waals surface area contributed by atoms with Gasteiger partial charge >= 0.3 is 6.85 Å². The van der Waals surface area contributed by atoms with Crippen LogP contribution >= 0.6 is 0 Å². The monoisotopic (exact) mass is 933 g/mol. The number of benzene rings is 5. The molecule has 5 heterocycles. The van der Waals surface area contributed by atoms with Crippen LogP contribution in [-0.4, -0.2) is 31.3 Å². The van der Waals surface area contributed by atoms with Gasteiger partial charge < -0.3 is 14.9 Å². The summed E-state index contributed by atoms with van der Waals surface area (Å²) < 4.78 is 2.35. The predicted octanol–water partition coefficient (Wildman–Crippen LogP) is 10.3. The van der Waals surface area contributed by atoms with E-state index in [0.717, 1.165) is 56.6 Å². The van der Waals surface area contributed by atoms with Crippen LogP contribution < -0.4 is 16.0 Å². The number of phenols is 1. The minimum absolute atomic E-state index is 0. The molecule has 3 aliphatic heterocycles. The molecule has 0 spiro atoms. The van der Waals surface area contributed by atoms with Crippen LogP contribution in [0.25, 0.3) is 45.5 Å². The van der Waals surface area contributed by atoms with Gasteiger partial charge in [0.1, 0.15) is 23.2 Å². The zero-order chi connectivity index (χ0) is 38.8. The number of pyridine rings is 1. The quantitative estimate of drug-likeness (QED) is 0.128. The number of aromatic nitrogens is 3. The zero-order valence-corrected chi connectivity index (χ0v) is 35.0. The summed E-state index contributed by atoms with van der Waals surface area (Å²) in [5, 5.41) is 11.7. The Balaban J connectivity index is 0.00000436. The molecule has 0 aliphatic carbocycles. The van der Waals surface area contributed by atoms with Crippen LogP contribution in [-0.2, 0) is 21.1 Å². The number of nitrogens with zero attached hydrogens (tertiary/aromatic N) is 5. The molecule has 0 saturated carbocycles. The van der Waals surface area contributed by atoms with Crippen LogP contribution in [0.4, 0.5) is 11.5 Å².